The molecule has 1 atom stereocenters. The minimum absolute atomic E-state index is 0.360. The Bertz CT molecular complexity index is 433. The summed E-state index contributed by atoms with van der Waals surface area (Å²) in [6.07, 6.45) is 1.56. The summed E-state index contributed by atoms with van der Waals surface area (Å²) in [7, 11) is 2.19. The molecule has 0 N–H and O–H groups in total. The zero-order valence-electron chi connectivity index (χ0n) is 9.22. The smallest absolute Gasteiger partial charge is 0.142 e. The summed E-state index contributed by atoms with van der Waals surface area (Å²) in [6.45, 7) is 2.25. The van der Waals surface area contributed by atoms with Gasteiger partial charge < -0.3 is 4.90 Å². The van der Waals surface area contributed by atoms with Crippen LogP contribution in [0.3, 0.4) is 0 Å². The number of thioether (sulfide) groups is 1. The molecule has 1 saturated heterocycles. The van der Waals surface area contributed by atoms with E-state index in [0.29, 0.717) is 6.17 Å². The van der Waals surface area contributed by atoms with E-state index in [9.17, 15) is 0 Å². The van der Waals surface area contributed by atoms with Crippen molar-refractivity contribution in [1.29, 1.82) is 0 Å². The van der Waals surface area contributed by atoms with Gasteiger partial charge in [-0.3, -0.25) is 4.90 Å². The van der Waals surface area contributed by atoms with Gasteiger partial charge in [-0.1, -0.05) is 42.2 Å². The average molecular weight is 250 g/mol. The molecule has 2 aliphatic heterocycles. The fourth-order valence-electron chi connectivity index (χ4n) is 2.51. The monoisotopic (exact) mass is 250 g/mol. The summed E-state index contributed by atoms with van der Waals surface area (Å²) in [5.74, 6) is 0. The second-order valence-electron chi connectivity index (χ2n) is 4.31. The molecule has 2 nitrogen and oxygen atoms in total. The second kappa shape index (κ2) is 4.02. The lowest BCUT2D eigenvalue weighted by atomic mass is 10.1. The lowest BCUT2D eigenvalue weighted by Crippen LogP contribution is -2.49. The van der Waals surface area contributed by atoms with Crippen molar-refractivity contribution in [1.82, 2.24) is 9.80 Å². The second-order valence-corrected chi connectivity index (χ2v) is 5.98. The van der Waals surface area contributed by atoms with Gasteiger partial charge in [-0.25, -0.2) is 0 Å². The van der Waals surface area contributed by atoms with Gasteiger partial charge >= 0.3 is 0 Å². The Morgan fingerprint density at radius 2 is 2.12 bits per heavy atom. The summed E-state index contributed by atoms with van der Waals surface area (Å²) < 4.78 is 1.02. The highest BCUT2D eigenvalue weighted by molar-refractivity contribution is 8.23. The zero-order valence-corrected chi connectivity index (χ0v) is 10.9. The Balaban J connectivity index is 2.09. The maximum Gasteiger partial charge on any atom is 0.142 e. The number of rotatable bonds is 0. The van der Waals surface area contributed by atoms with Gasteiger partial charge in [-0.05, 0) is 19.5 Å². The summed E-state index contributed by atoms with van der Waals surface area (Å²) in [4.78, 5) is 6.07. The number of fused-ring (bicyclic) bond motifs is 3. The van der Waals surface area contributed by atoms with E-state index < -0.39 is 0 Å². The van der Waals surface area contributed by atoms with Crippen LogP contribution in [-0.4, -0.2) is 34.3 Å². The van der Waals surface area contributed by atoms with E-state index in [4.69, 9.17) is 12.2 Å². The van der Waals surface area contributed by atoms with Gasteiger partial charge in [0, 0.05) is 23.5 Å². The molecule has 84 valence electrons. The number of hydrogen-bond donors (Lipinski definition) is 0. The van der Waals surface area contributed by atoms with Crippen molar-refractivity contribution in [3.8, 4) is 0 Å². The van der Waals surface area contributed by atoms with Crippen LogP contribution in [0.1, 0.15) is 18.2 Å². The highest BCUT2D eigenvalue weighted by Gasteiger charge is 2.35. The summed E-state index contributed by atoms with van der Waals surface area (Å²) in [5.41, 5.74) is 1.41. The molecular formula is C12H14N2S2. The van der Waals surface area contributed by atoms with Crippen LogP contribution < -0.4 is 0 Å². The van der Waals surface area contributed by atoms with Crippen LogP contribution >= 0.6 is 24.0 Å². The third-order valence-corrected chi connectivity index (χ3v) is 4.74. The fraction of sp³-hybridized carbons (Fsp3) is 0.417. The van der Waals surface area contributed by atoms with Crippen molar-refractivity contribution < 1.29 is 0 Å². The Morgan fingerprint density at radius 3 is 3.00 bits per heavy atom. The first kappa shape index (κ1) is 10.6. The molecule has 1 fully saturated rings. The van der Waals surface area contributed by atoms with Crippen LogP contribution in [0, 0.1) is 0 Å². The third kappa shape index (κ3) is 1.56. The summed E-state index contributed by atoms with van der Waals surface area (Å²) in [6, 6.07) is 8.61. The van der Waals surface area contributed by atoms with Crippen LogP contribution in [-0.2, 0) is 0 Å². The molecule has 1 unspecified atom stereocenters. The molecule has 0 amide bonds. The van der Waals surface area contributed by atoms with Crippen molar-refractivity contribution in [2.75, 3.05) is 20.1 Å². The molecule has 3 rings (SSSR count). The van der Waals surface area contributed by atoms with Gasteiger partial charge in [-0.15, -0.1) is 0 Å². The largest absolute Gasteiger partial charge is 0.337 e. The van der Waals surface area contributed by atoms with E-state index in [-0.39, 0.29) is 0 Å². The van der Waals surface area contributed by atoms with Gasteiger partial charge in [-0.2, -0.15) is 0 Å². The maximum absolute atomic E-state index is 5.49. The van der Waals surface area contributed by atoms with Crippen LogP contribution in [0.15, 0.2) is 29.2 Å². The van der Waals surface area contributed by atoms with Crippen LogP contribution in [0.4, 0.5) is 0 Å². The number of benzene rings is 1. The predicted molar refractivity (Wildman–Crippen MR) is 71.6 cm³/mol. The van der Waals surface area contributed by atoms with E-state index in [1.165, 1.54) is 16.9 Å². The summed E-state index contributed by atoms with van der Waals surface area (Å²) in [5, 5.41) is 0. The molecule has 0 bridgehead atoms. The molecule has 2 heterocycles. The van der Waals surface area contributed by atoms with Gasteiger partial charge in [0.2, 0.25) is 0 Å². The Morgan fingerprint density at radius 1 is 1.31 bits per heavy atom. The topological polar surface area (TPSA) is 6.48 Å². The van der Waals surface area contributed by atoms with E-state index in [1.807, 2.05) is 0 Å². The van der Waals surface area contributed by atoms with E-state index in [2.05, 4.69) is 41.1 Å². The number of thiocarbonyl (C=S) groups is 1. The molecule has 4 heteroatoms. The van der Waals surface area contributed by atoms with Crippen molar-refractivity contribution in [3.05, 3.63) is 29.8 Å². The molecule has 0 aromatic heterocycles. The number of hydrogen-bond acceptors (Lipinski definition) is 3. The Labute approximate surface area is 106 Å². The standard InChI is InChI=1S/C12H14N2S2/c1-13-7-4-8-14-11(13)9-5-2-3-6-10(9)16-12(14)15/h2-3,5-6,11H,4,7-8H2,1H3. The normalized spacial score (nSPS) is 25.2. The van der Waals surface area contributed by atoms with Crippen LogP contribution in [0.25, 0.3) is 0 Å². The first-order valence-electron chi connectivity index (χ1n) is 5.55. The number of nitrogens with zero attached hydrogens (tertiary/aromatic N) is 2. The first-order valence-corrected chi connectivity index (χ1v) is 6.77. The van der Waals surface area contributed by atoms with Gasteiger partial charge in [0.05, 0.1) is 0 Å². The molecule has 0 radical (unpaired) electrons. The highest BCUT2D eigenvalue weighted by Crippen LogP contribution is 2.42. The molecule has 0 aliphatic carbocycles. The maximum atomic E-state index is 5.49. The van der Waals surface area contributed by atoms with Crippen molar-refractivity contribution in [2.45, 2.75) is 17.5 Å². The van der Waals surface area contributed by atoms with E-state index in [0.717, 1.165) is 17.4 Å². The third-order valence-electron chi connectivity index (χ3n) is 3.25. The van der Waals surface area contributed by atoms with Crippen LogP contribution in [0.5, 0.6) is 0 Å². The summed E-state index contributed by atoms with van der Waals surface area (Å²) >= 11 is 7.23. The molecule has 16 heavy (non-hydrogen) atoms. The van der Waals surface area contributed by atoms with Gasteiger partial charge in [0.25, 0.3) is 0 Å². The van der Waals surface area contributed by atoms with Crippen molar-refractivity contribution >= 4 is 28.3 Å². The Kier molecular flexibility index (Phi) is 2.65. The van der Waals surface area contributed by atoms with E-state index >= 15 is 0 Å². The predicted octanol–water partition coefficient (Wildman–Crippen LogP) is 2.71. The molecule has 0 spiro atoms. The SMILES string of the molecule is CN1CCCN2C(=S)Sc3ccccc3C12. The first-order chi connectivity index (χ1) is 7.77. The van der Waals surface area contributed by atoms with Crippen molar-refractivity contribution in [3.63, 3.8) is 0 Å². The molecule has 1 aromatic rings. The van der Waals surface area contributed by atoms with Gasteiger partial charge in [0.15, 0.2) is 0 Å². The molecular weight excluding hydrogens is 236 g/mol. The quantitative estimate of drug-likeness (QED) is 0.653. The van der Waals surface area contributed by atoms with Crippen LogP contribution in [0.2, 0.25) is 0 Å². The highest BCUT2D eigenvalue weighted by atomic mass is 32.2. The molecule has 1 aromatic carbocycles. The lowest BCUT2D eigenvalue weighted by Gasteiger charge is -2.46. The Hall–Kier alpha value is -0.580. The fourth-order valence-corrected chi connectivity index (χ4v) is 3.90. The minimum atomic E-state index is 0.360. The molecule has 0 saturated carbocycles. The molecule has 2 aliphatic rings. The van der Waals surface area contributed by atoms with Gasteiger partial charge in [0.1, 0.15) is 10.5 Å². The zero-order chi connectivity index (χ0) is 11.1. The van der Waals surface area contributed by atoms with Crippen molar-refractivity contribution in [2.24, 2.45) is 0 Å². The minimum Gasteiger partial charge on any atom is -0.337 e. The average Bonchev–Trinajstić information content (AvgIpc) is 2.30. The van der Waals surface area contributed by atoms with E-state index in [1.54, 1.807) is 11.8 Å². The lowest BCUT2D eigenvalue weighted by molar-refractivity contribution is 0.0757.